The van der Waals surface area contributed by atoms with E-state index in [0.29, 0.717) is 0 Å². The van der Waals surface area contributed by atoms with E-state index in [1.165, 1.54) is 0 Å². The van der Waals surface area contributed by atoms with Gasteiger partial charge >= 0.3 is 0 Å². The summed E-state index contributed by atoms with van der Waals surface area (Å²) in [5.74, 6) is 0. The van der Waals surface area contributed by atoms with E-state index < -0.39 is 0 Å². The maximum atomic E-state index is 5.79. The maximum Gasteiger partial charge on any atom is 0.287 e. The second kappa shape index (κ2) is 6.06. The van der Waals surface area contributed by atoms with E-state index in [4.69, 9.17) is 9.68 Å². The van der Waals surface area contributed by atoms with Crippen LogP contribution < -0.4 is 9.68 Å². The van der Waals surface area contributed by atoms with Gasteiger partial charge in [0, 0.05) is 50.1 Å². The lowest BCUT2D eigenvalue weighted by molar-refractivity contribution is -0.152. The van der Waals surface area contributed by atoms with E-state index in [1.54, 1.807) is 9.46 Å². The topological polar surface area (TPSA) is 33.2 Å². The third kappa shape index (κ3) is 3.26. The quantitative estimate of drug-likeness (QED) is 0.616. The Bertz CT molecular complexity index is 549. The molecule has 3 rings (SSSR count). The van der Waals surface area contributed by atoms with Gasteiger partial charge in [0.1, 0.15) is 0 Å². The number of nitrogens with zero attached hydrogens (tertiary/aromatic N) is 3. The molecule has 0 bridgehead atoms. The first-order valence-electron chi connectivity index (χ1n) is 6.61. The zero-order chi connectivity index (χ0) is 13.6. The van der Waals surface area contributed by atoms with Crippen LogP contribution in [0.5, 0.6) is 0 Å². The lowest BCUT2D eigenvalue weighted by Crippen LogP contribution is -2.35. The summed E-state index contributed by atoms with van der Waals surface area (Å²) in [6.45, 7) is 0.834. The van der Waals surface area contributed by atoms with Crippen molar-refractivity contribution < 1.29 is 9.68 Å². The van der Waals surface area contributed by atoms with Gasteiger partial charge in [0.2, 0.25) is 0 Å². The van der Waals surface area contributed by atoms with Crippen molar-refractivity contribution in [3.63, 3.8) is 0 Å². The second-order valence-electron chi connectivity index (χ2n) is 4.44. The van der Waals surface area contributed by atoms with Gasteiger partial charge in [0.05, 0.1) is 0 Å². The zero-order valence-electron chi connectivity index (χ0n) is 11.1. The molecular weight excluding hydrogens is 254 g/mol. The smallest absolute Gasteiger partial charge is 0.287 e. The van der Waals surface area contributed by atoms with Crippen LogP contribution in [0.25, 0.3) is 0 Å². The summed E-state index contributed by atoms with van der Waals surface area (Å²) in [4.78, 5) is 11.6. The predicted octanol–water partition coefficient (Wildman–Crippen LogP) is 2.06. The molecule has 5 heteroatoms. The van der Waals surface area contributed by atoms with Crippen LogP contribution in [0.15, 0.2) is 73.6 Å². The summed E-state index contributed by atoms with van der Waals surface area (Å²) in [7, 11) is 0. The summed E-state index contributed by atoms with van der Waals surface area (Å²) in [6.07, 6.45) is 11.8. The van der Waals surface area contributed by atoms with E-state index in [0.717, 1.165) is 13.0 Å². The normalized spacial score (nSPS) is 10.8. The summed E-state index contributed by atoms with van der Waals surface area (Å²) >= 11 is 0. The van der Waals surface area contributed by atoms with Gasteiger partial charge in [0.25, 0.3) is 6.29 Å². The molecule has 0 unspecified atom stereocenters. The van der Waals surface area contributed by atoms with Crippen molar-refractivity contribution in [1.29, 1.82) is 0 Å². The van der Waals surface area contributed by atoms with E-state index in [2.05, 4.69) is 4.57 Å². The minimum atomic E-state index is -0.364. The van der Waals surface area contributed by atoms with Gasteiger partial charge in [-0.15, -0.1) is 0 Å². The molecule has 0 amide bonds. The summed E-state index contributed by atoms with van der Waals surface area (Å²) in [5.41, 5.74) is 0. The molecule has 0 aliphatic rings. The molecule has 104 valence electrons. The molecule has 3 heterocycles. The first-order valence-corrected chi connectivity index (χ1v) is 6.61. The Labute approximate surface area is 117 Å². The van der Waals surface area contributed by atoms with Crippen molar-refractivity contribution in [3.8, 4) is 0 Å². The molecule has 0 spiro atoms. The van der Waals surface area contributed by atoms with Crippen LogP contribution in [0.4, 0.5) is 0 Å². The molecule has 0 aliphatic heterocycles. The number of hydrogen-bond donors (Lipinski definition) is 0. The van der Waals surface area contributed by atoms with Gasteiger partial charge in [-0.05, 0) is 36.4 Å². The molecular formula is C15H17N3O2. The van der Waals surface area contributed by atoms with E-state index in [9.17, 15) is 0 Å². The summed E-state index contributed by atoms with van der Waals surface area (Å²) < 4.78 is 5.42. The Morgan fingerprint density at radius 1 is 0.650 bits per heavy atom. The van der Waals surface area contributed by atoms with Gasteiger partial charge in [-0.1, -0.05) is 0 Å². The van der Waals surface area contributed by atoms with Gasteiger partial charge < -0.3 is 14.2 Å². The third-order valence-electron chi connectivity index (χ3n) is 2.92. The van der Waals surface area contributed by atoms with Crippen molar-refractivity contribution in [2.75, 3.05) is 0 Å². The lowest BCUT2D eigenvalue weighted by Gasteiger charge is -2.20. The summed E-state index contributed by atoms with van der Waals surface area (Å²) in [5, 5.41) is 0. The minimum absolute atomic E-state index is 0.364. The second-order valence-corrected chi connectivity index (χ2v) is 4.44. The monoisotopic (exact) mass is 271 g/mol. The molecule has 0 saturated heterocycles. The van der Waals surface area contributed by atoms with E-state index >= 15 is 0 Å². The van der Waals surface area contributed by atoms with Crippen molar-refractivity contribution in [1.82, 2.24) is 14.0 Å². The molecule has 5 nitrogen and oxygen atoms in total. The van der Waals surface area contributed by atoms with Crippen LogP contribution in [0.1, 0.15) is 6.42 Å². The number of aromatic nitrogens is 3. The number of hydrogen-bond acceptors (Lipinski definition) is 2. The van der Waals surface area contributed by atoms with Gasteiger partial charge in [-0.3, -0.25) is 0 Å². The number of aryl methyl sites for hydroxylation is 1. The molecule has 0 aliphatic carbocycles. The van der Waals surface area contributed by atoms with Crippen LogP contribution >= 0.6 is 0 Å². The fourth-order valence-corrected chi connectivity index (χ4v) is 1.95. The Kier molecular flexibility index (Phi) is 3.78. The lowest BCUT2D eigenvalue weighted by atomic mass is 10.4. The first-order chi connectivity index (χ1) is 9.90. The van der Waals surface area contributed by atoms with Crippen LogP contribution in [0.2, 0.25) is 0 Å². The van der Waals surface area contributed by atoms with Crippen LogP contribution in [-0.4, -0.2) is 20.3 Å². The van der Waals surface area contributed by atoms with Crippen LogP contribution in [0, 0.1) is 0 Å². The third-order valence-corrected chi connectivity index (χ3v) is 2.92. The highest BCUT2D eigenvalue weighted by atomic mass is 16.8. The van der Waals surface area contributed by atoms with Crippen molar-refractivity contribution in [2.45, 2.75) is 19.3 Å². The fraction of sp³-hybridized carbons (Fsp3) is 0.200. The van der Waals surface area contributed by atoms with Crippen LogP contribution in [-0.2, 0) is 6.54 Å². The Hall–Kier alpha value is -2.56. The largest absolute Gasteiger partial charge is 0.367 e. The molecule has 0 N–H and O–H groups in total. The zero-order valence-corrected chi connectivity index (χ0v) is 11.1. The van der Waals surface area contributed by atoms with Gasteiger partial charge in [-0.25, -0.2) is 0 Å². The SMILES string of the molecule is c1ccn(CCC(On2cccc2)On2cccc2)c1. The highest BCUT2D eigenvalue weighted by molar-refractivity contribution is 4.91. The highest BCUT2D eigenvalue weighted by Crippen LogP contribution is 2.02. The standard InChI is InChI=1S/C15H17N3O2/c1-2-9-16(8-1)14-7-15(19-17-10-3-4-11-17)20-18-12-5-6-13-18/h1-6,8-13,15H,7,14H2. The average molecular weight is 271 g/mol. The van der Waals surface area contributed by atoms with Gasteiger partial charge in [0.15, 0.2) is 0 Å². The number of rotatable bonds is 7. The van der Waals surface area contributed by atoms with E-state index in [1.807, 2.05) is 73.6 Å². The summed E-state index contributed by atoms with van der Waals surface area (Å²) in [6, 6.07) is 11.7. The molecule has 0 fully saturated rings. The Morgan fingerprint density at radius 2 is 1.10 bits per heavy atom. The van der Waals surface area contributed by atoms with Crippen molar-refractivity contribution in [3.05, 3.63) is 73.6 Å². The van der Waals surface area contributed by atoms with Crippen molar-refractivity contribution >= 4 is 0 Å². The van der Waals surface area contributed by atoms with Crippen LogP contribution in [0.3, 0.4) is 0 Å². The average Bonchev–Trinajstić information content (AvgIpc) is 3.20. The predicted molar refractivity (Wildman–Crippen MR) is 74.9 cm³/mol. The van der Waals surface area contributed by atoms with Gasteiger partial charge in [-0.2, -0.15) is 9.46 Å². The molecule has 3 aromatic heterocycles. The fourth-order valence-electron chi connectivity index (χ4n) is 1.95. The molecule has 0 radical (unpaired) electrons. The minimum Gasteiger partial charge on any atom is -0.367 e. The Balaban J connectivity index is 1.62. The first kappa shape index (κ1) is 12.5. The molecule has 0 atom stereocenters. The van der Waals surface area contributed by atoms with Crippen molar-refractivity contribution in [2.24, 2.45) is 0 Å². The maximum absolute atomic E-state index is 5.79. The molecule has 3 aromatic rings. The van der Waals surface area contributed by atoms with E-state index in [-0.39, 0.29) is 6.29 Å². The Morgan fingerprint density at radius 3 is 1.60 bits per heavy atom. The highest BCUT2D eigenvalue weighted by Gasteiger charge is 2.12. The molecule has 0 aromatic carbocycles. The molecule has 0 saturated carbocycles. The molecule has 20 heavy (non-hydrogen) atoms.